The Balaban J connectivity index is 2.35. The lowest BCUT2D eigenvalue weighted by Gasteiger charge is -2.21. The first kappa shape index (κ1) is 11.9. The van der Waals surface area contributed by atoms with Gasteiger partial charge in [-0.2, -0.15) is 5.26 Å². The maximum absolute atomic E-state index is 11.5. The highest BCUT2D eigenvalue weighted by molar-refractivity contribution is 7.91. The van der Waals surface area contributed by atoms with Gasteiger partial charge in [0.2, 0.25) is 0 Å². The minimum absolute atomic E-state index is 0.0328. The Morgan fingerprint density at radius 1 is 1.47 bits per heavy atom. The first-order valence-corrected chi connectivity index (χ1v) is 7.17. The van der Waals surface area contributed by atoms with Crippen LogP contribution in [0.25, 0.3) is 0 Å². The zero-order valence-corrected chi connectivity index (χ0v) is 9.96. The molecule has 6 heteroatoms. The molecule has 5 nitrogen and oxygen atoms in total. The molecule has 17 heavy (non-hydrogen) atoms. The lowest BCUT2D eigenvalue weighted by Crippen LogP contribution is -2.24. The number of nitriles is 1. The molecule has 1 fully saturated rings. The monoisotopic (exact) mass is 252 g/mol. The Labute approximate surface area is 99.0 Å². The molecule has 1 aromatic heterocycles. The van der Waals surface area contributed by atoms with Crippen molar-refractivity contribution in [3.05, 3.63) is 33.7 Å². The fourth-order valence-electron chi connectivity index (χ4n) is 2.10. The first-order valence-electron chi connectivity index (χ1n) is 5.35. The lowest BCUT2D eigenvalue weighted by atomic mass is 9.96. The van der Waals surface area contributed by atoms with Gasteiger partial charge < -0.3 is 4.98 Å². The molecule has 0 aromatic carbocycles. The number of rotatable bonds is 1. The van der Waals surface area contributed by atoms with E-state index in [1.54, 1.807) is 6.07 Å². The van der Waals surface area contributed by atoms with Gasteiger partial charge in [0.05, 0.1) is 11.5 Å². The van der Waals surface area contributed by atoms with Gasteiger partial charge in [-0.3, -0.25) is 4.79 Å². The molecule has 1 aliphatic heterocycles. The summed E-state index contributed by atoms with van der Waals surface area (Å²) in [7, 11) is -2.98. The van der Waals surface area contributed by atoms with Crippen molar-refractivity contribution in [3.8, 4) is 6.07 Å². The molecule has 0 radical (unpaired) electrons. The number of nitrogens with zero attached hydrogens (tertiary/aromatic N) is 1. The van der Waals surface area contributed by atoms with E-state index in [0.717, 1.165) is 12.0 Å². The third-order valence-electron chi connectivity index (χ3n) is 2.98. The van der Waals surface area contributed by atoms with Gasteiger partial charge in [0, 0.05) is 6.20 Å². The molecule has 1 N–H and O–H groups in total. The SMILES string of the molecule is N#Cc1cc(C2CCCS(=O)(=O)C2)c[nH]c1=O. The van der Waals surface area contributed by atoms with Crippen LogP contribution < -0.4 is 5.56 Å². The second kappa shape index (κ2) is 4.34. The summed E-state index contributed by atoms with van der Waals surface area (Å²) in [6.45, 7) is 0. The van der Waals surface area contributed by atoms with Crippen LogP contribution >= 0.6 is 0 Å². The van der Waals surface area contributed by atoms with E-state index in [4.69, 9.17) is 5.26 Å². The maximum Gasteiger partial charge on any atom is 0.265 e. The standard InChI is InChI=1S/C11H12N2O3S/c12-5-9-4-10(6-13-11(9)14)8-2-1-3-17(15,16)7-8/h4,6,8H,1-3,7H2,(H,13,14). The van der Waals surface area contributed by atoms with Crippen LogP contribution in [0.15, 0.2) is 17.1 Å². The van der Waals surface area contributed by atoms with Gasteiger partial charge in [-0.15, -0.1) is 0 Å². The summed E-state index contributed by atoms with van der Waals surface area (Å²) in [6.07, 6.45) is 2.92. The molecule has 2 heterocycles. The van der Waals surface area contributed by atoms with E-state index in [2.05, 4.69) is 4.98 Å². The first-order chi connectivity index (χ1) is 8.02. The summed E-state index contributed by atoms with van der Waals surface area (Å²) in [5.41, 5.74) is 0.324. The van der Waals surface area contributed by atoms with Gasteiger partial charge >= 0.3 is 0 Å². The summed E-state index contributed by atoms with van der Waals surface area (Å²) >= 11 is 0. The normalized spacial score (nSPS) is 22.9. The molecule has 2 rings (SSSR count). The highest BCUT2D eigenvalue weighted by Crippen LogP contribution is 2.27. The van der Waals surface area contributed by atoms with Crippen LogP contribution in [0, 0.1) is 11.3 Å². The van der Waals surface area contributed by atoms with Crippen molar-refractivity contribution in [2.24, 2.45) is 0 Å². The van der Waals surface area contributed by atoms with Crippen LogP contribution in [-0.4, -0.2) is 24.9 Å². The average molecular weight is 252 g/mol. The number of aromatic nitrogens is 1. The number of aromatic amines is 1. The Kier molecular flexibility index (Phi) is 3.03. The van der Waals surface area contributed by atoms with Gasteiger partial charge in [0.1, 0.15) is 11.6 Å². The zero-order chi connectivity index (χ0) is 12.5. The summed E-state index contributed by atoms with van der Waals surface area (Å²) in [4.78, 5) is 13.7. The summed E-state index contributed by atoms with van der Waals surface area (Å²) in [5, 5.41) is 8.76. The molecule has 0 amide bonds. The number of hydrogen-bond donors (Lipinski definition) is 1. The lowest BCUT2D eigenvalue weighted by molar-refractivity contribution is 0.553. The molecule has 1 saturated heterocycles. The Morgan fingerprint density at radius 3 is 2.88 bits per heavy atom. The third-order valence-corrected chi connectivity index (χ3v) is 4.80. The summed E-state index contributed by atoms with van der Waals surface area (Å²) in [5.74, 6) is 0.222. The van der Waals surface area contributed by atoms with Crippen molar-refractivity contribution in [2.75, 3.05) is 11.5 Å². The van der Waals surface area contributed by atoms with Crippen LogP contribution in [0.2, 0.25) is 0 Å². The van der Waals surface area contributed by atoms with Gasteiger partial charge in [-0.05, 0) is 30.4 Å². The van der Waals surface area contributed by atoms with E-state index in [1.807, 2.05) is 0 Å². The van der Waals surface area contributed by atoms with Crippen molar-refractivity contribution in [1.29, 1.82) is 5.26 Å². The predicted octanol–water partition coefficient (Wildman–Crippen LogP) is 0.539. The Hall–Kier alpha value is -1.61. The zero-order valence-electron chi connectivity index (χ0n) is 9.14. The fourth-order valence-corrected chi connectivity index (χ4v) is 3.85. The van der Waals surface area contributed by atoms with Gasteiger partial charge in [-0.1, -0.05) is 0 Å². The van der Waals surface area contributed by atoms with E-state index in [-0.39, 0.29) is 23.0 Å². The van der Waals surface area contributed by atoms with E-state index >= 15 is 0 Å². The van der Waals surface area contributed by atoms with Gasteiger partial charge in [0.15, 0.2) is 9.84 Å². The molecular weight excluding hydrogens is 240 g/mol. The highest BCUT2D eigenvalue weighted by Gasteiger charge is 2.26. The third kappa shape index (κ3) is 2.56. The minimum atomic E-state index is -2.98. The topological polar surface area (TPSA) is 90.8 Å². The number of sulfone groups is 1. The molecular formula is C11H12N2O3S. The number of pyridine rings is 1. The summed E-state index contributed by atoms with van der Waals surface area (Å²) < 4.78 is 23.0. The van der Waals surface area contributed by atoms with Crippen LogP contribution in [-0.2, 0) is 9.84 Å². The van der Waals surface area contributed by atoms with Crippen molar-refractivity contribution in [1.82, 2.24) is 4.98 Å². The molecule has 0 spiro atoms. The quantitative estimate of drug-likeness (QED) is 0.789. The molecule has 1 unspecified atom stereocenters. The van der Waals surface area contributed by atoms with Crippen LogP contribution in [0.3, 0.4) is 0 Å². The second-order valence-electron chi connectivity index (χ2n) is 4.24. The maximum atomic E-state index is 11.5. The Bertz CT molecular complexity index is 625. The van der Waals surface area contributed by atoms with Crippen LogP contribution in [0.5, 0.6) is 0 Å². The van der Waals surface area contributed by atoms with Gasteiger partial charge in [-0.25, -0.2) is 8.42 Å². The molecule has 90 valence electrons. The van der Waals surface area contributed by atoms with Crippen molar-refractivity contribution in [3.63, 3.8) is 0 Å². The van der Waals surface area contributed by atoms with E-state index in [0.29, 0.717) is 6.42 Å². The van der Waals surface area contributed by atoms with E-state index in [9.17, 15) is 13.2 Å². The fraction of sp³-hybridized carbons (Fsp3) is 0.455. The molecule has 0 saturated carbocycles. The summed E-state index contributed by atoms with van der Waals surface area (Å²) in [6, 6.07) is 3.29. The molecule has 1 aromatic rings. The van der Waals surface area contributed by atoms with Crippen LogP contribution in [0.1, 0.15) is 29.9 Å². The minimum Gasteiger partial charge on any atom is -0.328 e. The number of nitrogens with one attached hydrogen (secondary N) is 1. The Morgan fingerprint density at radius 2 is 2.24 bits per heavy atom. The number of H-pyrrole nitrogens is 1. The highest BCUT2D eigenvalue weighted by atomic mass is 32.2. The van der Waals surface area contributed by atoms with Crippen molar-refractivity contribution in [2.45, 2.75) is 18.8 Å². The molecule has 1 aliphatic rings. The number of hydrogen-bond acceptors (Lipinski definition) is 4. The molecule has 0 aliphatic carbocycles. The largest absolute Gasteiger partial charge is 0.328 e. The van der Waals surface area contributed by atoms with Crippen molar-refractivity contribution < 1.29 is 8.42 Å². The van der Waals surface area contributed by atoms with E-state index in [1.165, 1.54) is 12.3 Å². The molecule has 0 bridgehead atoms. The molecule has 1 atom stereocenters. The van der Waals surface area contributed by atoms with Crippen LogP contribution in [0.4, 0.5) is 0 Å². The second-order valence-corrected chi connectivity index (χ2v) is 6.47. The van der Waals surface area contributed by atoms with Crippen molar-refractivity contribution >= 4 is 9.84 Å². The van der Waals surface area contributed by atoms with Gasteiger partial charge in [0.25, 0.3) is 5.56 Å². The average Bonchev–Trinajstić information content (AvgIpc) is 2.28. The smallest absolute Gasteiger partial charge is 0.265 e. The predicted molar refractivity (Wildman–Crippen MR) is 62.4 cm³/mol. The van der Waals surface area contributed by atoms with E-state index < -0.39 is 15.4 Å².